The lowest BCUT2D eigenvalue weighted by molar-refractivity contribution is 0.429. The first-order valence-corrected chi connectivity index (χ1v) is 20.5. The van der Waals surface area contributed by atoms with Gasteiger partial charge in [0.05, 0.1) is 5.70 Å². The Morgan fingerprint density at radius 2 is 0.780 bits per heavy atom. The van der Waals surface area contributed by atoms with Gasteiger partial charge in [0.15, 0.2) is 0 Å². The van der Waals surface area contributed by atoms with E-state index >= 15 is 0 Å². The number of nitrogens with zero attached hydrogens (tertiary/aromatic N) is 1. The maximum Gasteiger partial charge on any atom is 0.122 e. The summed E-state index contributed by atoms with van der Waals surface area (Å²) in [7, 11) is 0. The predicted octanol–water partition coefficient (Wildman–Crippen LogP) is 14.6. The molecule has 276 valence electrons. The molecule has 0 fully saturated rings. The minimum atomic E-state index is 0.103. The molecule has 0 radical (unpaired) electrons. The van der Waals surface area contributed by atoms with Crippen LogP contribution in [0.15, 0.2) is 219 Å². The first kappa shape index (κ1) is 33.5. The average Bonchev–Trinajstić information content (AvgIpc) is 3.74. The predicted molar refractivity (Wildman–Crippen MR) is 251 cm³/mol. The lowest BCUT2D eigenvalue weighted by Gasteiger charge is -2.24. The van der Waals surface area contributed by atoms with Gasteiger partial charge in [-0.25, -0.2) is 0 Å². The number of hydrogen-bond donors (Lipinski definition) is 1. The molecule has 0 saturated carbocycles. The summed E-state index contributed by atoms with van der Waals surface area (Å²) < 4.78 is 0. The first-order chi connectivity index (χ1) is 29.3. The van der Waals surface area contributed by atoms with Crippen molar-refractivity contribution in [3.63, 3.8) is 0 Å². The lowest BCUT2D eigenvalue weighted by atomic mass is 9.81. The van der Waals surface area contributed by atoms with Crippen molar-refractivity contribution in [3.8, 4) is 33.4 Å². The minimum Gasteiger partial charge on any atom is -0.360 e. The Kier molecular flexibility index (Phi) is 7.64. The zero-order chi connectivity index (χ0) is 38.9. The molecule has 0 spiro atoms. The molecule has 59 heavy (non-hydrogen) atoms. The van der Waals surface area contributed by atoms with Crippen LogP contribution in [0.1, 0.15) is 11.1 Å². The smallest absolute Gasteiger partial charge is 0.122 e. The van der Waals surface area contributed by atoms with E-state index in [1.807, 2.05) is 0 Å². The second kappa shape index (κ2) is 13.5. The number of fused-ring (bicyclic) bond motifs is 6. The lowest BCUT2D eigenvalue weighted by Crippen LogP contribution is -2.32. The first-order valence-electron chi connectivity index (χ1n) is 20.5. The molecule has 0 saturated heterocycles. The van der Waals surface area contributed by atoms with Gasteiger partial charge in [0.25, 0.3) is 0 Å². The fourth-order valence-corrected chi connectivity index (χ4v) is 9.70. The van der Waals surface area contributed by atoms with E-state index in [1.165, 1.54) is 104 Å². The Labute approximate surface area is 343 Å². The summed E-state index contributed by atoms with van der Waals surface area (Å²) in [5.74, 6) is 0. The molecular weight excluding hydrogens is 713 g/mol. The molecule has 1 N–H and O–H groups in total. The van der Waals surface area contributed by atoms with E-state index in [1.54, 1.807) is 0 Å². The molecule has 0 aromatic heterocycles. The average molecular weight is 751 g/mol. The summed E-state index contributed by atoms with van der Waals surface area (Å²) in [5, 5.41) is 16.3. The van der Waals surface area contributed by atoms with Gasteiger partial charge in [-0.15, -0.1) is 0 Å². The monoisotopic (exact) mass is 750 g/mol. The van der Waals surface area contributed by atoms with Crippen molar-refractivity contribution in [2.45, 2.75) is 6.17 Å². The molecule has 0 aliphatic carbocycles. The maximum atomic E-state index is 3.73. The van der Waals surface area contributed by atoms with Gasteiger partial charge in [-0.2, -0.15) is 0 Å². The Morgan fingerprint density at radius 1 is 0.339 bits per heavy atom. The van der Waals surface area contributed by atoms with Crippen LogP contribution in [0.3, 0.4) is 0 Å². The molecular formula is C57H38N2. The van der Waals surface area contributed by atoms with Gasteiger partial charge in [0, 0.05) is 12.4 Å². The Bertz CT molecular complexity index is 3290. The fraction of sp³-hybridized carbons (Fsp3) is 0.0175. The highest BCUT2D eigenvalue weighted by atomic mass is 15.3. The van der Waals surface area contributed by atoms with Gasteiger partial charge in [-0.1, -0.05) is 194 Å². The third kappa shape index (κ3) is 5.41. The Hall–Kier alpha value is -7.68. The number of hydrogen-bond acceptors (Lipinski definition) is 2. The van der Waals surface area contributed by atoms with Crippen molar-refractivity contribution >= 4 is 65.1 Å². The molecule has 2 nitrogen and oxygen atoms in total. The molecule has 10 aromatic rings. The highest BCUT2D eigenvalue weighted by Gasteiger charge is 2.25. The molecule has 2 aliphatic heterocycles. The van der Waals surface area contributed by atoms with Crippen molar-refractivity contribution in [2.75, 3.05) is 0 Å². The molecule has 10 aromatic carbocycles. The maximum absolute atomic E-state index is 3.73. The van der Waals surface area contributed by atoms with Gasteiger partial charge < -0.3 is 10.2 Å². The topological polar surface area (TPSA) is 15.3 Å². The number of benzene rings is 10. The van der Waals surface area contributed by atoms with Crippen LogP contribution in [0.4, 0.5) is 0 Å². The van der Waals surface area contributed by atoms with Crippen LogP contribution in [0, 0.1) is 0 Å². The van der Waals surface area contributed by atoms with E-state index in [2.05, 4.69) is 229 Å². The van der Waals surface area contributed by atoms with E-state index in [9.17, 15) is 0 Å². The molecule has 12 rings (SSSR count). The number of rotatable bonds is 5. The minimum absolute atomic E-state index is 0.103. The van der Waals surface area contributed by atoms with Crippen LogP contribution in [0.5, 0.6) is 0 Å². The molecule has 0 bridgehead atoms. The Morgan fingerprint density at radius 3 is 1.34 bits per heavy atom. The second-order valence-electron chi connectivity index (χ2n) is 15.7. The van der Waals surface area contributed by atoms with E-state index in [-0.39, 0.29) is 6.17 Å². The normalized spacial score (nSPS) is 14.8. The number of nitrogens with one attached hydrogen (secondary N) is 1. The van der Waals surface area contributed by atoms with E-state index in [0.29, 0.717) is 0 Å². The van der Waals surface area contributed by atoms with Crippen molar-refractivity contribution < 1.29 is 0 Å². The van der Waals surface area contributed by atoms with Crippen LogP contribution >= 0.6 is 0 Å². The Balaban J connectivity index is 1.03. The van der Waals surface area contributed by atoms with Crippen LogP contribution in [0.2, 0.25) is 0 Å². The summed E-state index contributed by atoms with van der Waals surface area (Å²) in [6, 6.07) is 71.3. The summed E-state index contributed by atoms with van der Waals surface area (Å²) in [5.41, 5.74) is 12.3. The van der Waals surface area contributed by atoms with E-state index in [0.717, 1.165) is 5.70 Å². The third-order valence-electron chi connectivity index (χ3n) is 12.4. The molecule has 1 atom stereocenters. The van der Waals surface area contributed by atoms with E-state index < -0.39 is 0 Å². The van der Waals surface area contributed by atoms with Crippen molar-refractivity contribution in [1.82, 2.24) is 10.2 Å². The van der Waals surface area contributed by atoms with Crippen LogP contribution in [-0.2, 0) is 0 Å². The van der Waals surface area contributed by atoms with Gasteiger partial charge in [-0.05, 0) is 116 Å². The fourth-order valence-electron chi connectivity index (χ4n) is 9.70. The van der Waals surface area contributed by atoms with Gasteiger partial charge in [-0.3, -0.25) is 0 Å². The second-order valence-corrected chi connectivity index (χ2v) is 15.7. The molecule has 2 aliphatic rings. The highest BCUT2D eigenvalue weighted by molar-refractivity contribution is 6.30. The van der Waals surface area contributed by atoms with Gasteiger partial charge in [0.2, 0.25) is 0 Å². The van der Waals surface area contributed by atoms with Crippen molar-refractivity contribution in [1.29, 1.82) is 0 Å². The van der Waals surface area contributed by atoms with Crippen molar-refractivity contribution in [2.24, 2.45) is 0 Å². The zero-order valence-corrected chi connectivity index (χ0v) is 32.3. The zero-order valence-electron chi connectivity index (χ0n) is 32.3. The molecule has 2 heterocycles. The largest absolute Gasteiger partial charge is 0.360 e. The van der Waals surface area contributed by atoms with E-state index in [4.69, 9.17) is 0 Å². The summed E-state index contributed by atoms with van der Waals surface area (Å²) in [4.78, 5) is 2.27. The van der Waals surface area contributed by atoms with Crippen LogP contribution < -0.4 is 5.32 Å². The molecule has 2 heteroatoms. The quantitative estimate of drug-likeness (QED) is 0.176. The number of allylic oxidation sites excluding steroid dienone is 2. The summed E-state index contributed by atoms with van der Waals surface area (Å²) in [6.45, 7) is 0. The standard InChI is InChI=1S/C57H38N2/c1-2-14-37(15-3-1)43-32-33-53-58-52(36-59(53)35-43)39-27-29-40(30-28-39)54-44-18-6-10-22-48(44)56(49-23-11-7-19-45(49)54)57-50-24-12-8-20-46(50)55(47-21-9-13-25-51(47)57)42-31-26-38-16-4-5-17-41(38)34-42/h1-36,53,58H. The van der Waals surface area contributed by atoms with Crippen LogP contribution in [0.25, 0.3) is 98.5 Å². The van der Waals surface area contributed by atoms with Crippen molar-refractivity contribution in [3.05, 3.63) is 230 Å². The van der Waals surface area contributed by atoms with Gasteiger partial charge in [0.1, 0.15) is 6.17 Å². The highest BCUT2D eigenvalue weighted by Crippen LogP contribution is 2.50. The summed E-state index contributed by atoms with van der Waals surface area (Å²) in [6.07, 6.45) is 9.02. The third-order valence-corrected chi connectivity index (χ3v) is 12.4. The molecule has 0 amide bonds. The SMILES string of the molecule is C1=CC2NC(c3ccc(-c4c5ccccc5c(-c5c6ccccc6c(-c6ccc7ccccc7c6)c6ccccc56)c5ccccc45)cc3)=CN2C=C1c1ccccc1. The van der Waals surface area contributed by atoms with Gasteiger partial charge >= 0.3 is 0 Å². The molecule has 1 unspecified atom stereocenters. The van der Waals surface area contributed by atoms with Crippen LogP contribution in [-0.4, -0.2) is 11.1 Å². The summed E-state index contributed by atoms with van der Waals surface area (Å²) >= 11 is 0.